The molecule has 2 aliphatic rings. The summed E-state index contributed by atoms with van der Waals surface area (Å²) in [4.78, 5) is 28.6. The van der Waals surface area contributed by atoms with Gasteiger partial charge in [-0.05, 0) is 37.3 Å². The van der Waals surface area contributed by atoms with E-state index in [0.717, 1.165) is 31.4 Å². The molecular weight excluding hydrogens is 292 g/mol. The predicted octanol–water partition coefficient (Wildman–Crippen LogP) is 1.80. The van der Waals surface area contributed by atoms with E-state index in [-0.39, 0.29) is 23.0 Å². The van der Waals surface area contributed by atoms with Gasteiger partial charge in [0, 0.05) is 33.1 Å². The van der Waals surface area contributed by atoms with Crippen LogP contribution in [0.2, 0.25) is 0 Å². The van der Waals surface area contributed by atoms with Gasteiger partial charge in [-0.25, -0.2) is 0 Å². The molecule has 1 spiro atoms. The van der Waals surface area contributed by atoms with E-state index in [1.54, 1.807) is 17.0 Å². The van der Waals surface area contributed by atoms with Gasteiger partial charge < -0.3 is 14.9 Å². The number of hydrogen-bond donors (Lipinski definition) is 1. The highest BCUT2D eigenvalue weighted by Gasteiger charge is 2.48. The second kappa shape index (κ2) is 6.22. The third-order valence-corrected chi connectivity index (χ3v) is 5.26. The van der Waals surface area contributed by atoms with Crippen molar-refractivity contribution in [2.45, 2.75) is 32.1 Å². The maximum Gasteiger partial charge on any atom is 0.230 e. The highest BCUT2D eigenvalue weighted by molar-refractivity contribution is 5.86. The van der Waals surface area contributed by atoms with Gasteiger partial charge in [0.2, 0.25) is 11.8 Å². The Morgan fingerprint density at radius 2 is 2.04 bits per heavy atom. The number of carbonyl (C=O) groups excluding carboxylic acids is 2. The molecule has 5 nitrogen and oxygen atoms in total. The summed E-state index contributed by atoms with van der Waals surface area (Å²) in [6.45, 7) is 2.04. The largest absolute Gasteiger partial charge is 0.508 e. The first-order valence-corrected chi connectivity index (χ1v) is 8.32. The summed E-state index contributed by atoms with van der Waals surface area (Å²) in [6.07, 6.45) is 3.58. The SMILES string of the molecule is CN1CCCC2(CCN(C(=O)CCc3ccccc3O)C2)C1=O. The number of benzene rings is 1. The Morgan fingerprint density at radius 1 is 1.26 bits per heavy atom. The number of likely N-dealkylation sites (tertiary alicyclic amines) is 2. The molecule has 1 aromatic carbocycles. The molecule has 1 atom stereocenters. The number of rotatable bonds is 3. The third kappa shape index (κ3) is 3.05. The van der Waals surface area contributed by atoms with Crippen LogP contribution in [0.1, 0.15) is 31.2 Å². The van der Waals surface area contributed by atoms with Crippen LogP contribution in [0.3, 0.4) is 0 Å². The summed E-state index contributed by atoms with van der Waals surface area (Å²) in [5.41, 5.74) is 0.445. The lowest BCUT2D eigenvalue weighted by Gasteiger charge is -2.37. The second-order valence-corrected chi connectivity index (χ2v) is 6.80. The van der Waals surface area contributed by atoms with Crippen LogP contribution in [0, 0.1) is 5.41 Å². The minimum Gasteiger partial charge on any atom is -0.508 e. The molecule has 0 aliphatic carbocycles. The first-order chi connectivity index (χ1) is 11.0. The van der Waals surface area contributed by atoms with Gasteiger partial charge in [-0.2, -0.15) is 0 Å². The van der Waals surface area contributed by atoms with Gasteiger partial charge in [0.15, 0.2) is 0 Å². The number of aromatic hydroxyl groups is 1. The molecule has 2 saturated heterocycles. The van der Waals surface area contributed by atoms with E-state index < -0.39 is 0 Å². The lowest BCUT2D eigenvalue weighted by molar-refractivity contribution is -0.144. The maximum atomic E-state index is 12.5. The minimum atomic E-state index is -0.350. The zero-order valence-electron chi connectivity index (χ0n) is 13.6. The normalized spacial score (nSPS) is 24.5. The molecule has 5 heteroatoms. The molecule has 0 radical (unpaired) electrons. The smallest absolute Gasteiger partial charge is 0.230 e. The van der Waals surface area contributed by atoms with Gasteiger partial charge in [0.05, 0.1) is 5.41 Å². The van der Waals surface area contributed by atoms with E-state index in [1.807, 2.05) is 24.1 Å². The number of phenols is 1. The Hall–Kier alpha value is -2.04. The van der Waals surface area contributed by atoms with Crippen molar-refractivity contribution in [3.63, 3.8) is 0 Å². The summed E-state index contributed by atoms with van der Waals surface area (Å²) in [6, 6.07) is 7.12. The Kier molecular flexibility index (Phi) is 4.28. The first kappa shape index (κ1) is 15.8. The molecule has 3 rings (SSSR count). The standard InChI is InChI=1S/C18H24N2O3/c1-19-11-4-9-18(17(19)23)10-12-20(13-18)16(22)8-7-14-5-2-3-6-15(14)21/h2-3,5-6,21H,4,7-13H2,1H3. The van der Waals surface area contributed by atoms with Crippen LogP contribution in [0.25, 0.3) is 0 Å². The summed E-state index contributed by atoms with van der Waals surface area (Å²) in [5.74, 6) is 0.508. The summed E-state index contributed by atoms with van der Waals surface area (Å²) < 4.78 is 0. The number of amides is 2. The van der Waals surface area contributed by atoms with Crippen LogP contribution >= 0.6 is 0 Å². The topological polar surface area (TPSA) is 60.9 Å². The molecule has 1 unspecified atom stereocenters. The Morgan fingerprint density at radius 3 is 2.83 bits per heavy atom. The van der Waals surface area contributed by atoms with Gasteiger partial charge in [0.1, 0.15) is 5.75 Å². The molecular formula is C18H24N2O3. The lowest BCUT2D eigenvalue weighted by atomic mass is 9.78. The summed E-state index contributed by atoms with van der Waals surface area (Å²) in [5, 5.41) is 9.78. The van der Waals surface area contributed by atoms with Gasteiger partial charge in [-0.1, -0.05) is 18.2 Å². The quantitative estimate of drug-likeness (QED) is 0.925. The lowest BCUT2D eigenvalue weighted by Crippen LogP contribution is -2.48. The zero-order chi connectivity index (χ0) is 16.4. The average molecular weight is 316 g/mol. The van der Waals surface area contributed by atoms with Crippen LogP contribution in [0.5, 0.6) is 5.75 Å². The van der Waals surface area contributed by atoms with Gasteiger partial charge >= 0.3 is 0 Å². The predicted molar refractivity (Wildman–Crippen MR) is 86.9 cm³/mol. The van der Waals surface area contributed by atoms with Crippen LogP contribution in [-0.4, -0.2) is 53.4 Å². The zero-order valence-corrected chi connectivity index (χ0v) is 13.6. The molecule has 23 heavy (non-hydrogen) atoms. The number of nitrogens with zero attached hydrogens (tertiary/aromatic N) is 2. The van der Waals surface area contributed by atoms with Crippen LogP contribution in [0.15, 0.2) is 24.3 Å². The fourth-order valence-electron chi connectivity index (χ4n) is 3.85. The van der Waals surface area contributed by atoms with E-state index in [2.05, 4.69) is 0 Å². The van der Waals surface area contributed by atoms with E-state index in [4.69, 9.17) is 0 Å². The molecule has 1 aromatic rings. The molecule has 2 fully saturated rings. The van der Waals surface area contributed by atoms with E-state index >= 15 is 0 Å². The highest BCUT2D eigenvalue weighted by Crippen LogP contribution is 2.39. The van der Waals surface area contributed by atoms with Crippen LogP contribution in [0.4, 0.5) is 0 Å². The van der Waals surface area contributed by atoms with Gasteiger partial charge in [-0.3, -0.25) is 9.59 Å². The first-order valence-electron chi connectivity index (χ1n) is 8.32. The second-order valence-electron chi connectivity index (χ2n) is 6.80. The molecule has 0 bridgehead atoms. The van der Waals surface area contributed by atoms with Crippen molar-refractivity contribution in [3.05, 3.63) is 29.8 Å². The summed E-state index contributed by atoms with van der Waals surface area (Å²) >= 11 is 0. The fraction of sp³-hybridized carbons (Fsp3) is 0.556. The number of aryl methyl sites for hydroxylation is 1. The van der Waals surface area contributed by atoms with Crippen molar-refractivity contribution >= 4 is 11.8 Å². The monoisotopic (exact) mass is 316 g/mol. The average Bonchev–Trinajstić information content (AvgIpc) is 2.97. The Bertz CT molecular complexity index is 616. The van der Waals surface area contributed by atoms with Crippen molar-refractivity contribution in [2.24, 2.45) is 5.41 Å². The van der Waals surface area contributed by atoms with Crippen molar-refractivity contribution in [1.82, 2.24) is 9.80 Å². The van der Waals surface area contributed by atoms with Crippen molar-refractivity contribution in [3.8, 4) is 5.75 Å². The van der Waals surface area contributed by atoms with Crippen molar-refractivity contribution in [1.29, 1.82) is 0 Å². The van der Waals surface area contributed by atoms with Gasteiger partial charge in [0.25, 0.3) is 0 Å². The van der Waals surface area contributed by atoms with E-state index in [9.17, 15) is 14.7 Å². The number of para-hydroxylation sites is 1. The van der Waals surface area contributed by atoms with Crippen LogP contribution in [-0.2, 0) is 16.0 Å². The number of carbonyl (C=O) groups is 2. The number of piperidine rings is 1. The maximum absolute atomic E-state index is 12.5. The van der Waals surface area contributed by atoms with Crippen molar-refractivity contribution in [2.75, 3.05) is 26.7 Å². The molecule has 0 aromatic heterocycles. The van der Waals surface area contributed by atoms with Crippen molar-refractivity contribution < 1.29 is 14.7 Å². The molecule has 124 valence electrons. The number of hydrogen-bond acceptors (Lipinski definition) is 3. The fourth-order valence-corrected chi connectivity index (χ4v) is 3.85. The van der Waals surface area contributed by atoms with Gasteiger partial charge in [-0.15, -0.1) is 0 Å². The summed E-state index contributed by atoms with van der Waals surface area (Å²) in [7, 11) is 1.85. The minimum absolute atomic E-state index is 0.0751. The molecule has 2 heterocycles. The third-order valence-electron chi connectivity index (χ3n) is 5.26. The van der Waals surface area contributed by atoms with E-state index in [1.165, 1.54) is 0 Å². The van der Waals surface area contributed by atoms with E-state index in [0.29, 0.717) is 25.9 Å². The van der Waals surface area contributed by atoms with Crippen LogP contribution < -0.4 is 0 Å². The number of phenolic OH excluding ortho intramolecular Hbond substituents is 1. The highest BCUT2D eigenvalue weighted by atomic mass is 16.3. The Labute approximate surface area is 136 Å². The molecule has 2 aliphatic heterocycles. The molecule has 2 amide bonds. The Balaban J connectivity index is 1.59. The molecule has 0 saturated carbocycles. The molecule has 1 N–H and O–H groups in total.